The molecule has 4 rings (SSSR count). The van der Waals surface area contributed by atoms with Crippen LogP contribution in [0.3, 0.4) is 0 Å². The van der Waals surface area contributed by atoms with E-state index in [4.69, 9.17) is 7.85 Å². The van der Waals surface area contributed by atoms with E-state index in [2.05, 4.69) is 19.3 Å². The highest BCUT2D eigenvalue weighted by Gasteiger charge is 2.52. The lowest BCUT2D eigenvalue weighted by atomic mass is 9.74. The molecule has 0 bridgehead atoms. The van der Waals surface area contributed by atoms with E-state index in [1.54, 1.807) is 13.0 Å². The van der Waals surface area contributed by atoms with E-state index in [0.717, 1.165) is 41.8 Å². The van der Waals surface area contributed by atoms with Crippen molar-refractivity contribution in [1.82, 2.24) is 24.0 Å². The average Bonchev–Trinajstić information content (AvgIpc) is 3.00. The van der Waals surface area contributed by atoms with Gasteiger partial charge in [-0.1, -0.05) is 0 Å². The quantitative estimate of drug-likeness (QED) is 0.423. The van der Waals surface area contributed by atoms with Gasteiger partial charge >= 0.3 is 6.18 Å². The van der Waals surface area contributed by atoms with Crippen molar-refractivity contribution < 1.29 is 23.4 Å². The molecule has 2 aliphatic heterocycles. The van der Waals surface area contributed by atoms with E-state index >= 15 is 0 Å². The summed E-state index contributed by atoms with van der Waals surface area (Å²) in [6.07, 6.45) is -3.02. The fraction of sp³-hybridized carbons (Fsp3) is 0.529. The van der Waals surface area contributed by atoms with Gasteiger partial charge in [-0.25, -0.2) is 14.0 Å². The Labute approximate surface area is 171 Å². The van der Waals surface area contributed by atoms with E-state index in [1.807, 2.05) is 0 Å². The van der Waals surface area contributed by atoms with Crippen LogP contribution in [-0.2, 0) is 18.5 Å². The minimum absolute atomic E-state index is 0.189. The maximum Gasteiger partial charge on any atom is 0.433 e. The minimum atomic E-state index is -4.43. The average molecular weight is 425 g/mol. The van der Waals surface area contributed by atoms with Crippen molar-refractivity contribution in [1.29, 1.82) is 0 Å². The zero-order valence-corrected chi connectivity index (χ0v) is 16.4. The zero-order valence-electron chi connectivity index (χ0n) is 15.6. The van der Waals surface area contributed by atoms with E-state index in [-0.39, 0.29) is 5.41 Å². The first-order valence-corrected chi connectivity index (χ1v) is 9.70. The highest BCUT2D eigenvalue weighted by Crippen LogP contribution is 2.45. The zero-order chi connectivity index (χ0) is 21.0. The Kier molecular flexibility index (Phi) is 4.98. The predicted molar refractivity (Wildman–Crippen MR) is 99.5 cm³/mol. The van der Waals surface area contributed by atoms with Crippen molar-refractivity contribution in [3.63, 3.8) is 0 Å². The molecule has 1 spiro atoms. The summed E-state index contributed by atoms with van der Waals surface area (Å²) in [7, 11) is 5.17. The summed E-state index contributed by atoms with van der Waals surface area (Å²) < 4.78 is 41.2. The van der Waals surface area contributed by atoms with Crippen LogP contribution < -0.4 is 0 Å². The SMILES string of the molecule is [B]C(O)(O)n1ccc(CN2CC3(C2)CN(Sc2ccc(C(F)(F)F)nc2C)C3)n1. The third-order valence-corrected chi connectivity index (χ3v) is 6.21. The molecular weight excluding hydrogens is 406 g/mol. The van der Waals surface area contributed by atoms with Crippen LogP contribution in [0.2, 0.25) is 0 Å². The van der Waals surface area contributed by atoms with Crippen LogP contribution in [0.5, 0.6) is 0 Å². The number of nitrogens with zero attached hydrogens (tertiary/aromatic N) is 5. The van der Waals surface area contributed by atoms with Crippen LogP contribution in [0.25, 0.3) is 0 Å². The summed E-state index contributed by atoms with van der Waals surface area (Å²) in [5, 5.41) is 22.7. The number of halogens is 3. The molecule has 0 unspecified atom stereocenters. The largest absolute Gasteiger partial charge is 0.433 e. The molecule has 4 heterocycles. The molecule has 2 aromatic heterocycles. The second-order valence-electron chi connectivity index (χ2n) is 7.75. The smallest absolute Gasteiger partial charge is 0.356 e. The van der Waals surface area contributed by atoms with Gasteiger partial charge in [-0.05, 0) is 37.1 Å². The molecule has 7 nitrogen and oxygen atoms in total. The lowest BCUT2D eigenvalue weighted by Gasteiger charge is -2.59. The van der Waals surface area contributed by atoms with Gasteiger partial charge in [0.15, 0.2) is 7.85 Å². The van der Waals surface area contributed by atoms with Gasteiger partial charge in [0.25, 0.3) is 0 Å². The van der Waals surface area contributed by atoms with E-state index < -0.39 is 17.7 Å². The van der Waals surface area contributed by atoms with Crippen molar-refractivity contribution in [3.8, 4) is 0 Å². The van der Waals surface area contributed by atoms with Gasteiger partial charge < -0.3 is 10.2 Å². The summed E-state index contributed by atoms with van der Waals surface area (Å²) in [6.45, 7) is 5.64. The number of aryl methyl sites for hydroxylation is 1. The molecular formula is C17H19BF3N5O2S. The third kappa shape index (κ3) is 4.31. The molecule has 2 radical (unpaired) electrons. The Morgan fingerprint density at radius 3 is 2.41 bits per heavy atom. The Morgan fingerprint density at radius 1 is 1.17 bits per heavy atom. The van der Waals surface area contributed by atoms with Gasteiger partial charge in [0.2, 0.25) is 5.81 Å². The third-order valence-electron chi connectivity index (χ3n) is 5.06. The molecule has 29 heavy (non-hydrogen) atoms. The number of alkyl halides is 3. The molecule has 2 aromatic rings. The van der Waals surface area contributed by atoms with Gasteiger partial charge in [-0.15, -0.1) is 0 Å². The van der Waals surface area contributed by atoms with Crippen molar-refractivity contribution >= 4 is 19.8 Å². The summed E-state index contributed by atoms with van der Waals surface area (Å²) in [4.78, 5) is 6.60. The Morgan fingerprint density at radius 2 is 1.86 bits per heavy atom. The van der Waals surface area contributed by atoms with Crippen LogP contribution >= 0.6 is 11.9 Å². The molecule has 2 fully saturated rings. The van der Waals surface area contributed by atoms with E-state index in [0.29, 0.717) is 17.9 Å². The first kappa shape index (κ1) is 20.7. The monoisotopic (exact) mass is 425 g/mol. The summed E-state index contributed by atoms with van der Waals surface area (Å²) in [5.41, 5.74) is 0.384. The summed E-state index contributed by atoms with van der Waals surface area (Å²) in [6, 6.07) is 4.18. The van der Waals surface area contributed by atoms with Crippen molar-refractivity contribution in [3.05, 3.63) is 41.5 Å². The molecule has 0 aliphatic carbocycles. The number of aliphatic hydroxyl groups is 2. The highest BCUT2D eigenvalue weighted by atomic mass is 32.2. The molecule has 0 aromatic carbocycles. The molecule has 2 N–H and O–H groups in total. The van der Waals surface area contributed by atoms with Gasteiger partial charge in [-0.2, -0.15) is 18.3 Å². The number of hydrogen-bond donors (Lipinski definition) is 2. The Bertz CT molecular complexity index is 903. The maximum absolute atomic E-state index is 12.7. The molecule has 0 amide bonds. The standard InChI is InChI=1S/C17H19BF3N5O2S/c1-11-13(2-3-14(22-11)16(19,20)21)29-25-9-15(10-25)7-24(8-15)6-12-4-5-26(23-12)17(18,27)28/h2-5,27-28H,6-10H2,1H3. The fourth-order valence-corrected chi connectivity index (χ4v) is 5.04. The van der Waals surface area contributed by atoms with Crippen molar-refractivity contribution in [2.45, 2.75) is 30.4 Å². The predicted octanol–water partition coefficient (Wildman–Crippen LogP) is 1.15. The van der Waals surface area contributed by atoms with E-state index in [1.165, 1.54) is 24.2 Å². The molecule has 154 valence electrons. The lowest BCUT2D eigenvalue weighted by molar-refractivity contribution is -0.160. The first-order chi connectivity index (χ1) is 13.4. The topological polar surface area (TPSA) is 77.7 Å². The Balaban J connectivity index is 1.26. The van der Waals surface area contributed by atoms with Crippen LogP contribution in [0.15, 0.2) is 29.3 Å². The van der Waals surface area contributed by atoms with Gasteiger partial charge in [-0.3, -0.25) is 4.90 Å². The van der Waals surface area contributed by atoms with Gasteiger partial charge in [0.1, 0.15) is 5.69 Å². The van der Waals surface area contributed by atoms with Crippen LogP contribution in [0.1, 0.15) is 17.1 Å². The summed E-state index contributed by atoms with van der Waals surface area (Å²) >= 11 is 1.44. The van der Waals surface area contributed by atoms with Gasteiger partial charge in [0.05, 0.1) is 11.4 Å². The van der Waals surface area contributed by atoms with E-state index in [9.17, 15) is 23.4 Å². The maximum atomic E-state index is 12.7. The number of likely N-dealkylation sites (tertiary alicyclic amines) is 1. The normalized spacial score (nSPS) is 19.9. The molecule has 2 aliphatic rings. The van der Waals surface area contributed by atoms with Crippen molar-refractivity contribution in [2.75, 3.05) is 26.2 Å². The number of pyridine rings is 1. The molecule has 0 atom stereocenters. The minimum Gasteiger partial charge on any atom is -0.356 e. The first-order valence-electron chi connectivity index (χ1n) is 8.92. The fourth-order valence-electron chi connectivity index (χ4n) is 3.78. The second-order valence-corrected chi connectivity index (χ2v) is 8.89. The van der Waals surface area contributed by atoms with Crippen LogP contribution in [0.4, 0.5) is 13.2 Å². The molecule has 12 heteroatoms. The van der Waals surface area contributed by atoms with Crippen LogP contribution in [0, 0.1) is 12.3 Å². The molecule has 2 saturated heterocycles. The van der Waals surface area contributed by atoms with Crippen LogP contribution in [-0.4, -0.2) is 68.2 Å². The van der Waals surface area contributed by atoms with Gasteiger partial charge in [0, 0.05) is 49.2 Å². The number of hydrogen-bond acceptors (Lipinski definition) is 7. The molecule has 0 saturated carbocycles. The summed E-state index contributed by atoms with van der Waals surface area (Å²) in [5.74, 6) is -2.51. The number of aromatic nitrogens is 3. The number of rotatable bonds is 5. The lowest BCUT2D eigenvalue weighted by Crippen LogP contribution is -2.70. The Hall–Kier alpha value is -1.60. The second kappa shape index (κ2) is 6.98. The van der Waals surface area contributed by atoms with Crippen molar-refractivity contribution in [2.24, 2.45) is 5.41 Å². The highest BCUT2D eigenvalue weighted by molar-refractivity contribution is 7.97.